The van der Waals surface area contributed by atoms with E-state index in [1.165, 1.54) is 11.9 Å². The second-order valence-electron chi connectivity index (χ2n) is 9.29. The standard InChI is InChI=1S/C30H32N4OS/c1-2-20-36-34(29(31)35)28(23-18-19-23)27-21-33(22-32-27)30(24-12-6-3-7-13-24,25-14-8-4-9-15-25)26-16-10-5-11-17-26/h3-17,21-23,28H,2,18-20H2,1H3,(H2,31,35). The molecule has 184 valence electrons. The lowest BCUT2D eigenvalue weighted by molar-refractivity contribution is 0.220. The Morgan fingerprint density at radius 3 is 1.89 bits per heavy atom. The highest BCUT2D eigenvalue weighted by Crippen LogP contribution is 2.47. The lowest BCUT2D eigenvalue weighted by Gasteiger charge is -2.37. The summed E-state index contributed by atoms with van der Waals surface area (Å²) in [5.41, 5.74) is 9.55. The molecule has 1 aliphatic rings. The van der Waals surface area contributed by atoms with E-state index in [1.807, 2.05) is 24.5 Å². The van der Waals surface area contributed by atoms with Gasteiger partial charge in [0.25, 0.3) is 0 Å². The van der Waals surface area contributed by atoms with Crippen molar-refractivity contribution in [2.75, 3.05) is 5.75 Å². The molecule has 0 aliphatic heterocycles. The van der Waals surface area contributed by atoms with Crippen molar-refractivity contribution in [2.24, 2.45) is 11.7 Å². The van der Waals surface area contributed by atoms with Crippen LogP contribution in [-0.4, -0.2) is 25.6 Å². The Kier molecular flexibility index (Phi) is 7.14. The van der Waals surface area contributed by atoms with Crippen molar-refractivity contribution in [3.63, 3.8) is 0 Å². The largest absolute Gasteiger partial charge is 0.351 e. The van der Waals surface area contributed by atoms with Gasteiger partial charge in [-0.05, 0) is 53.8 Å². The quantitative estimate of drug-likeness (QED) is 0.198. The molecule has 1 unspecified atom stereocenters. The van der Waals surface area contributed by atoms with E-state index in [4.69, 9.17) is 10.7 Å². The lowest BCUT2D eigenvalue weighted by atomic mass is 9.77. The molecule has 1 aliphatic carbocycles. The van der Waals surface area contributed by atoms with Crippen molar-refractivity contribution in [3.8, 4) is 0 Å². The molecule has 1 heterocycles. The maximum Gasteiger partial charge on any atom is 0.325 e. The highest BCUT2D eigenvalue weighted by atomic mass is 32.2. The molecule has 2 amide bonds. The van der Waals surface area contributed by atoms with E-state index < -0.39 is 11.6 Å². The highest BCUT2D eigenvalue weighted by molar-refractivity contribution is 7.97. The Morgan fingerprint density at radius 1 is 0.972 bits per heavy atom. The topological polar surface area (TPSA) is 64.2 Å². The van der Waals surface area contributed by atoms with Crippen LogP contribution in [-0.2, 0) is 5.54 Å². The fourth-order valence-electron chi connectivity index (χ4n) is 5.10. The maximum absolute atomic E-state index is 12.5. The van der Waals surface area contributed by atoms with Crippen molar-refractivity contribution in [3.05, 3.63) is 126 Å². The van der Waals surface area contributed by atoms with Gasteiger partial charge in [0, 0.05) is 11.9 Å². The molecule has 1 aromatic heterocycles. The van der Waals surface area contributed by atoms with Crippen LogP contribution in [0.4, 0.5) is 4.79 Å². The number of carbonyl (C=O) groups is 1. The SMILES string of the molecule is CCCSN(C(N)=O)C(c1cn(C(c2ccccc2)(c2ccccc2)c2ccccc2)cn1)C1CC1. The van der Waals surface area contributed by atoms with Crippen LogP contribution >= 0.6 is 11.9 Å². The number of benzene rings is 3. The summed E-state index contributed by atoms with van der Waals surface area (Å²) in [4.78, 5) is 17.4. The summed E-state index contributed by atoms with van der Waals surface area (Å²) in [7, 11) is 0. The molecular weight excluding hydrogens is 464 g/mol. The van der Waals surface area contributed by atoms with E-state index in [-0.39, 0.29) is 6.04 Å². The second-order valence-corrected chi connectivity index (χ2v) is 10.4. The first-order valence-electron chi connectivity index (χ1n) is 12.6. The van der Waals surface area contributed by atoms with Crippen LogP contribution in [0.15, 0.2) is 104 Å². The lowest BCUT2D eigenvalue weighted by Crippen LogP contribution is -2.37. The predicted octanol–water partition coefficient (Wildman–Crippen LogP) is 6.61. The Labute approximate surface area is 217 Å². The van der Waals surface area contributed by atoms with Gasteiger partial charge in [0.05, 0.1) is 18.1 Å². The Balaban J connectivity index is 1.70. The van der Waals surface area contributed by atoms with Crippen molar-refractivity contribution in [1.29, 1.82) is 0 Å². The van der Waals surface area contributed by atoms with Crippen LogP contribution in [0, 0.1) is 5.92 Å². The first kappa shape index (κ1) is 24.2. The molecule has 6 heteroatoms. The van der Waals surface area contributed by atoms with E-state index in [9.17, 15) is 4.79 Å². The average Bonchev–Trinajstić information content (AvgIpc) is 3.65. The second kappa shape index (κ2) is 10.6. The number of primary amides is 1. The number of nitrogens with zero attached hydrogens (tertiary/aromatic N) is 3. The number of carbonyl (C=O) groups excluding carboxylic acids is 1. The molecule has 0 bridgehead atoms. The summed E-state index contributed by atoms with van der Waals surface area (Å²) in [6.07, 6.45) is 7.17. The summed E-state index contributed by atoms with van der Waals surface area (Å²) in [5.74, 6) is 1.22. The number of hydrogen-bond acceptors (Lipinski definition) is 3. The summed E-state index contributed by atoms with van der Waals surface area (Å²) in [5, 5.41) is 0. The third kappa shape index (κ3) is 4.53. The molecule has 5 nitrogen and oxygen atoms in total. The minimum atomic E-state index is -0.628. The molecule has 2 N–H and O–H groups in total. The number of rotatable bonds is 10. The average molecular weight is 497 g/mol. The van der Waals surface area contributed by atoms with Gasteiger partial charge in [0.1, 0.15) is 5.54 Å². The van der Waals surface area contributed by atoms with E-state index >= 15 is 0 Å². The maximum atomic E-state index is 12.5. The number of amides is 2. The van der Waals surface area contributed by atoms with E-state index in [2.05, 4.69) is 90.5 Å². The third-order valence-corrected chi connectivity index (χ3v) is 8.12. The summed E-state index contributed by atoms with van der Waals surface area (Å²) >= 11 is 1.52. The Bertz CT molecular complexity index is 1180. The number of imidazole rings is 1. The van der Waals surface area contributed by atoms with Gasteiger partial charge in [0.2, 0.25) is 0 Å². The Morgan fingerprint density at radius 2 is 1.47 bits per heavy atom. The van der Waals surface area contributed by atoms with Crippen LogP contribution in [0.25, 0.3) is 0 Å². The molecule has 36 heavy (non-hydrogen) atoms. The Hall–Kier alpha value is -3.51. The summed E-state index contributed by atoms with van der Waals surface area (Å²) in [6.45, 7) is 2.11. The first-order valence-corrected chi connectivity index (χ1v) is 13.5. The van der Waals surface area contributed by atoms with Gasteiger partial charge in [-0.3, -0.25) is 4.31 Å². The predicted molar refractivity (Wildman–Crippen MR) is 146 cm³/mol. The number of hydrogen-bond donors (Lipinski definition) is 1. The van der Waals surface area contributed by atoms with Crippen molar-refractivity contribution in [1.82, 2.24) is 13.9 Å². The van der Waals surface area contributed by atoms with E-state index in [0.717, 1.165) is 47.4 Å². The van der Waals surface area contributed by atoms with E-state index in [1.54, 1.807) is 4.31 Å². The van der Waals surface area contributed by atoms with Gasteiger partial charge in [-0.1, -0.05) is 97.9 Å². The molecule has 5 rings (SSSR count). The number of nitrogens with two attached hydrogens (primary N) is 1. The van der Waals surface area contributed by atoms with Crippen molar-refractivity contribution < 1.29 is 4.79 Å². The highest BCUT2D eigenvalue weighted by Gasteiger charge is 2.42. The van der Waals surface area contributed by atoms with Crippen LogP contribution < -0.4 is 5.73 Å². The van der Waals surface area contributed by atoms with Gasteiger partial charge in [0.15, 0.2) is 0 Å². The van der Waals surface area contributed by atoms with Crippen LogP contribution in [0.5, 0.6) is 0 Å². The zero-order valence-electron chi connectivity index (χ0n) is 20.5. The van der Waals surface area contributed by atoms with Crippen molar-refractivity contribution >= 4 is 18.0 Å². The van der Waals surface area contributed by atoms with E-state index in [0.29, 0.717) is 5.92 Å². The number of urea groups is 1. The molecule has 0 saturated heterocycles. The molecule has 3 aromatic carbocycles. The fourth-order valence-corrected chi connectivity index (χ4v) is 6.04. The molecule has 1 saturated carbocycles. The van der Waals surface area contributed by atoms with Gasteiger partial charge < -0.3 is 10.3 Å². The monoisotopic (exact) mass is 496 g/mol. The van der Waals surface area contributed by atoms with Gasteiger partial charge in [-0.25, -0.2) is 9.78 Å². The summed E-state index contributed by atoms with van der Waals surface area (Å²) < 4.78 is 3.96. The molecule has 1 fully saturated rings. The number of aromatic nitrogens is 2. The summed E-state index contributed by atoms with van der Waals surface area (Å²) in [6, 6.07) is 31.1. The van der Waals surface area contributed by atoms with Gasteiger partial charge in [-0.2, -0.15) is 0 Å². The zero-order chi connectivity index (χ0) is 25.0. The molecule has 0 radical (unpaired) electrons. The smallest absolute Gasteiger partial charge is 0.325 e. The normalized spacial score (nSPS) is 14.4. The molecular formula is C30H32N4OS. The van der Waals surface area contributed by atoms with Crippen molar-refractivity contribution in [2.45, 2.75) is 37.8 Å². The van der Waals surface area contributed by atoms with Crippen LogP contribution in [0.2, 0.25) is 0 Å². The zero-order valence-corrected chi connectivity index (χ0v) is 21.4. The van der Waals surface area contributed by atoms with Crippen LogP contribution in [0.3, 0.4) is 0 Å². The minimum Gasteiger partial charge on any atom is -0.351 e. The third-order valence-electron chi connectivity index (χ3n) is 6.84. The van der Waals surface area contributed by atoms with Crippen LogP contribution in [0.1, 0.15) is 54.6 Å². The van der Waals surface area contributed by atoms with Gasteiger partial charge in [-0.15, -0.1) is 0 Å². The molecule has 1 atom stereocenters. The van der Waals surface area contributed by atoms with Gasteiger partial charge >= 0.3 is 6.03 Å². The minimum absolute atomic E-state index is 0.139. The fraction of sp³-hybridized carbons (Fsp3) is 0.267. The first-order chi connectivity index (χ1) is 17.7. The molecule has 0 spiro atoms. The molecule has 4 aromatic rings.